The average Bonchev–Trinajstić information content (AvgIpc) is 2.88. The third-order valence-corrected chi connectivity index (χ3v) is 5.24. The van der Waals surface area contributed by atoms with E-state index in [2.05, 4.69) is 16.8 Å². The fourth-order valence-corrected chi connectivity index (χ4v) is 3.86. The van der Waals surface area contributed by atoms with Crippen molar-refractivity contribution in [2.24, 2.45) is 0 Å². The van der Waals surface area contributed by atoms with Crippen molar-refractivity contribution in [3.63, 3.8) is 0 Å². The molecule has 0 aliphatic heterocycles. The molecule has 1 saturated carbocycles. The van der Waals surface area contributed by atoms with E-state index in [1.165, 1.54) is 0 Å². The second kappa shape index (κ2) is 7.48. The molecule has 1 aliphatic carbocycles. The van der Waals surface area contributed by atoms with E-state index in [0.29, 0.717) is 0 Å². The van der Waals surface area contributed by atoms with Gasteiger partial charge in [0.05, 0.1) is 18.8 Å². The number of carbonyl (C=O) groups excluding carboxylic acids is 1. The van der Waals surface area contributed by atoms with E-state index in [1.54, 1.807) is 7.11 Å². The quantitative estimate of drug-likeness (QED) is 0.874. The molecule has 0 bridgehead atoms. The molecule has 136 valence electrons. The Morgan fingerprint density at radius 1 is 1.32 bits per heavy atom. The number of aliphatic hydroxyl groups excluding tert-OH is 1. The maximum atomic E-state index is 13.0. The number of aromatic nitrogens is 1. The first-order valence-corrected chi connectivity index (χ1v) is 9.20. The molecule has 25 heavy (non-hydrogen) atoms. The third-order valence-electron chi connectivity index (χ3n) is 5.24. The Hall–Kier alpha value is -2.01. The van der Waals surface area contributed by atoms with Crippen molar-refractivity contribution < 1.29 is 14.6 Å². The van der Waals surface area contributed by atoms with Crippen LogP contribution in [-0.4, -0.2) is 34.8 Å². The van der Waals surface area contributed by atoms with Crippen molar-refractivity contribution in [3.8, 4) is 5.75 Å². The number of ether oxygens (including phenoxy) is 1. The molecule has 1 amide bonds. The van der Waals surface area contributed by atoms with Crippen LogP contribution in [0.25, 0.3) is 10.9 Å². The first-order chi connectivity index (χ1) is 12.0. The standard InChI is InChI=1S/C20H28N2O3/c1-4-11-22-13(2)19(17-12-16(25-3)9-10-18(17)22)20(24)21-14-5-7-15(23)8-6-14/h9-10,12,14-15,23H,4-8,11H2,1-3H3,(H,21,24). The minimum Gasteiger partial charge on any atom is -0.497 e. The topological polar surface area (TPSA) is 63.5 Å². The zero-order valence-corrected chi connectivity index (χ0v) is 15.3. The molecular formula is C20H28N2O3. The first kappa shape index (κ1) is 17.8. The van der Waals surface area contributed by atoms with Crippen molar-refractivity contribution in [1.82, 2.24) is 9.88 Å². The summed E-state index contributed by atoms with van der Waals surface area (Å²) in [5, 5.41) is 13.8. The van der Waals surface area contributed by atoms with E-state index in [9.17, 15) is 9.90 Å². The lowest BCUT2D eigenvalue weighted by molar-refractivity contribution is 0.0868. The zero-order chi connectivity index (χ0) is 18.0. The van der Waals surface area contributed by atoms with Crippen molar-refractivity contribution in [3.05, 3.63) is 29.5 Å². The Kier molecular flexibility index (Phi) is 5.33. The van der Waals surface area contributed by atoms with Gasteiger partial charge in [0.2, 0.25) is 0 Å². The van der Waals surface area contributed by atoms with E-state index in [4.69, 9.17) is 4.74 Å². The lowest BCUT2D eigenvalue weighted by Crippen LogP contribution is -2.38. The van der Waals surface area contributed by atoms with E-state index in [0.717, 1.165) is 66.6 Å². The molecule has 1 aromatic carbocycles. The number of fused-ring (bicyclic) bond motifs is 1. The summed E-state index contributed by atoms with van der Waals surface area (Å²) < 4.78 is 7.58. The number of carbonyl (C=O) groups is 1. The fraction of sp³-hybridized carbons (Fsp3) is 0.550. The number of aryl methyl sites for hydroxylation is 1. The van der Waals surface area contributed by atoms with Crippen molar-refractivity contribution in [2.75, 3.05) is 7.11 Å². The van der Waals surface area contributed by atoms with Gasteiger partial charge in [-0.25, -0.2) is 0 Å². The van der Waals surface area contributed by atoms with Gasteiger partial charge < -0.3 is 19.7 Å². The number of nitrogens with one attached hydrogen (secondary N) is 1. The van der Waals surface area contributed by atoms with Crippen LogP contribution in [0, 0.1) is 6.92 Å². The molecule has 0 spiro atoms. The van der Waals surface area contributed by atoms with Crippen LogP contribution in [0.3, 0.4) is 0 Å². The molecule has 2 aromatic rings. The van der Waals surface area contributed by atoms with Crippen molar-refractivity contribution in [2.45, 2.75) is 64.6 Å². The third kappa shape index (κ3) is 3.52. The van der Waals surface area contributed by atoms with Gasteiger partial charge in [-0.2, -0.15) is 0 Å². The molecular weight excluding hydrogens is 316 g/mol. The predicted octanol–water partition coefficient (Wildman–Crippen LogP) is 3.40. The van der Waals surface area contributed by atoms with E-state index < -0.39 is 0 Å². The van der Waals surface area contributed by atoms with E-state index in [1.807, 2.05) is 25.1 Å². The minimum atomic E-state index is -0.217. The number of amides is 1. The molecule has 2 N–H and O–H groups in total. The van der Waals surface area contributed by atoms with Crippen LogP contribution < -0.4 is 10.1 Å². The summed E-state index contributed by atoms with van der Waals surface area (Å²) in [6, 6.07) is 6.07. The number of rotatable bonds is 5. The molecule has 5 heteroatoms. The number of aliphatic hydroxyl groups is 1. The second-order valence-electron chi connectivity index (χ2n) is 6.97. The lowest BCUT2D eigenvalue weighted by atomic mass is 9.93. The van der Waals surface area contributed by atoms with Gasteiger partial charge >= 0.3 is 0 Å². The summed E-state index contributed by atoms with van der Waals surface area (Å²) in [5.41, 5.74) is 2.82. The van der Waals surface area contributed by atoms with Gasteiger partial charge in [-0.15, -0.1) is 0 Å². The summed E-state index contributed by atoms with van der Waals surface area (Å²) in [5.74, 6) is 0.739. The minimum absolute atomic E-state index is 0.0213. The molecule has 3 rings (SSSR count). The Morgan fingerprint density at radius 2 is 2.04 bits per heavy atom. The van der Waals surface area contributed by atoms with Crippen LogP contribution in [0.1, 0.15) is 55.1 Å². The molecule has 0 radical (unpaired) electrons. The number of hydrogen-bond acceptors (Lipinski definition) is 3. The SMILES string of the molecule is CCCn1c(C)c(C(=O)NC2CCC(O)CC2)c2cc(OC)ccc21. The number of benzene rings is 1. The number of methoxy groups -OCH3 is 1. The normalized spacial score (nSPS) is 20.6. The molecule has 0 atom stereocenters. The Balaban J connectivity index is 1.95. The van der Waals surface area contributed by atoms with Crippen LogP contribution in [0.2, 0.25) is 0 Å². The second-order valence-corrected chi connectivity index (χ2v) is 6.97. The average molecular weight is 344 g/mol. The lowest BCUT2D eigenvalue weighted by Gasteiger charge is -2.26. The van der Waals surface area contributed by atoms with E-state index >= 15 is 0 Å². The van der Waals surface area contributed by atoms with Gasteiger partial charge in [0.1, 0.15) is 5.75 Å². The van der Waals surface area contributed by atoms with Gasteiger partial charge in [0.15, 0.2) is 0 Å². The van der Waals surface area contributed by atoms with Crippen molar-refractivity contribution >= 4 is 16.8 Å². The predicted molar refractivity (Wildman–Crippen MR) is 99.2 cm³/mol. The van der Waals surface area contributed by atoms with Gasteiger partial charge in [0.25, 0.3) is 5.91 Å². The van der Waals surface area contributed by atoms with Crippen LogP contribution in [0.15, 0.2) is 18.2 Å². The fourth-order valence-electron chi connectivity index (χ4n) is 3.86. The van der Waals surface area contributed by atoms with Crippen molar-refractivity contribution in [1.29, 1.82) is 0 Å². The highest BCUT2D eigenvalue weighted by molar-refractivity contribution is 6.08. The number of nitrogens with zero attached hydrogens (tertiary/aromatic N) is 1. The highest BCUT2D eigenvalue weighted by Crippen LogP contribution is 2.30. The molecule has 5 nitrogen and oxygen atoms in total. The van der Waals surface area contributed by atoms with Gasteiger partial charge in [-0.05, 0) is 57.2 Å². The first-order valence-electron chi connectivity index (χ1n) is 9.20. The maximum absolute atomic E-state index is 13.0. The largest absolute Gasteiger partial charge is 0.497 e. The van der Waals surface area contributed by atoms with Gasteiger partial charge in [0, 0.05) is 29.2 Å². The van der Waals surface area contributed by atoms with Crippen LogP contribution >= 0.6 is 0 Å². The Bertz CT molecular complexity index is 758. The highest BCUT2D eigenvalue weighted by Gasteiger charge is 2.25. The summed E-state index contributed by atoms with van der Waals surface area (Å²) in [6.45, 7) is 5.04. The molecule has 1 heterocycles. The summed E-state index contributed by atoms with van der Waals surface area (Å²) in [4.78, 5) is 13.0. The molecule has 0 saturated heterocycles. The van der Waals surface area contributed by atoms with Crippen LogP contribution in [-0.2, 0) is 6.54 Å². The van der Waals surface area contributed by atoms with Gasteiger partial charge in [-0.3, -0.25) is 4.79 Å². The molecule has 1 aliphatic rings. The summed E-state index contributed by atoms with van der Waals surface area (Å²) in [7, 11) is 1.64. The van der Waals surface area contributed by atoms with Crippen LogP contribution in [0.5, 0.6) is 5.75 Å². The molecule has 1 fully saturated rings. The number of hydrogen-bond donors (Lipinski definition) is 2. The Labute approximate surface area is 149 Å². The smallest absolute Gasteiger partial charge is 0.253 e. The summed E-state index contributed by atoms with van der Waals surface area (Å²) in [6.07, 6.45) is 3.99. The monoisotopic (exact) mass is 344 g/mol. The van der Waals surface area contributed by atoms with Crippen LogP contribution in [0.4, 0.5) is 0 Å². The summed E-state index contributed by atoms with van der Waals surface area (Å²) >= 11 is 0. The molecule has 0 unspecified atom stereocenters. The molecule has 1 aromatic heterocycles. The zero-order valence-electron chi connectivity index (χ0n) is 15.3. The maximum Gasteiger partial charge on any atom is 0.253 e. The highest BCUT2D eigenvalue weighted by atomic mass is 16.5. The Morgan fingerprint density at radius 3 is 2.68 bits per heavy atom. The van der Waals surface area contributed by atoms with Gasteiger partial charge in [-0.1, -0.05) is 6.92 Å². The van der Waals surface area contributed by atoms with E-state index in [-0.39, 0.29) is 18.1 Å².